The minimum Gasteiger partial charge on any atom is -0.207 e. The van der Waals surface area contributed by atoms with Gasteiger partial charge in [0, 0.05) is 18.0 Å². The first-order valence-corrected chi connectivity index (χ1v) is 7.65. The molecule has 2 aromatic rings. The molecule has 3 nitrogen and oxygen atoms in total. The van der Waals surface area contributed by atoms with Crippen molar-refractivity contribution in [3.63, 3.8) is 0 Å². The van der Waals surface area contributed by atoms with Gasteiger partial charge in [-0.25, -0.2) is 8.42 Å². The van der Waals surface area contributed by atoms with E-state index < -0.39 is 15.6 Å². The van der Waals surface area contributed by atoms with Crippen LogP contribution in [0.15, 0.2) is 47.4 Å². The van der Waals surface area contributed by atoms with E-state index >= 15 is 0 Å². The highest BCUT2D eigenvalue weighted by Crippen LogP contribution is 2.28. The minimum absolute atomic E-state index is 0.364. The second kappa shape index (κ2) is 4.62. The van der Waals surface area contributed by atoms with Crippen molar-refractivity contribution < 1.29 is 8.42 Å². The van der Waals surface area contributed by atoms with Crippen molar-refractivity contribution in [1.82, 2.24) is 4.31 Å². The molecule has 0 fully saturated rings. The first kappa shape index (κ1) is 14.0. The minimum atomic E-state index is -3.49. The van der Waals surface area contributed by atoms with Crippen LogP contribution in [0, 0.1) is 0 Å². The zero-order valence-corrected chi connectivity index (χ0v) is 12.5. The Morgan fingerprint density at radius 2 is 1.53 bits per heavy atom. The average Bonchev–Trinajstić information content (AvgIpc) is 2.36. The van der Waals surface area contributed by atoms with E-state index in [0.717, 1.165) is 10.8 Å². The number of sulfonamides is 1. The first-order chi connectivity index (χ1) is 8.74. The van der Waals surface area contributed by atoms with E-state index in [2.05, 4.69) is 0 Å². The van der Waals surface area contributed by atoms with Crippen LogP contribution in [0.5, 0.6) is 0 Å². The largest absolute Gasteiger partial charge is 0.243 e. The van der Waals surface area contributed by atoms with Gasteiger partial charge in [-0.05, 0) is 32.2 Å². The summed E-state index contributed by atoms with van der Waals surface area (Å²) < 4.78 is 26.9. The van der Waals surface area contributed by atoms with Gasteiger partial charge in [-0.15, -0.1) is 0 Å². The maximum absolute atomic E-state index is 12.7. The van der Waals surface area contributed by atoms with Gasteiger partial charge in [0.05, 0.1) is 4.90 Å². The molecule has 0 saturated carbocycles. The number of hydrogen-bond donors (Lipinski definition) is 0. The standard InChI is InChI=1S/C15H19NO2S/c1-15(2,3)16(4)19(17,18)14-11-7-9-12-8-5-6-10-13(12)14/h5-11H,1-4H3. The van der Waals surface area contributed by atoms with E-state index in [-0.39, 0.29) is 0 Å². The van der Waals surface area contributed by atoms with Gasteiger partial charge in [0.1, 0.15) is 0 Å². The Morgan fingerprint density at radius 3 is 2.16 bits per heavy atom. The van der Waals surface area contributed by atoms with Gasteiger partial charge in [0.25, 0.3) is 0 Å². The second-order valence-corrected chi connectivity index (χ2v) is 7.56. The van der Waals surface area contributed by atoms with Gasteiger partial charge in [-0.3, -0.25) is 0 Å². The fourth-order valence-electron chi connectivity index (χ4n) is 1.93. The zero-order valence-electron chi connectivity index (χ0n) is 11.7. The van der Waals surface area contributed by atoms with Crippen molar-refractivity contribution in [1.29, 1.82) is 0 Å². The third kappa shape index (κ3) is 2.51. The third-order valence-corrected chi connectivity index (χ3v) is 5.51. The number of fused-ring (bicyclic) bond motifs is 1. The quantitative estimate of drug-likeness (QED) is 0.845. The van der Waals surface area contributed by atoms with Crippen molar-refractivity contribution >= 4 is 20.8 Å². The summed E-state index contributed by atoms with van der Waals surface area (Å²) in [5.41, 5.74) is -0.449. The Kier molecular flexibility index (Phi) is 3.41. The van der Waals surface area contributed by atoms with Crippen LogP contribution in [0.25, 0.3) is 10.8 Å². The highest BCUT2D eigenvalue weighted by atomic mass is 32.2. The molecule has 0 aliphatic rings. The molecule has 0 radical (unpaired) electrons. The van der Waals surface area contributed by atoms with Crippen LogP contribution in [0.4, 0.5) is 0 Å². The van der Waals surface area contributed by atoms with Crippen LogP contribution < -0.4 is 0 Å². The summed E-state index contributed by atoms with van der Waals surface area (Å²) in [5.74, 6) is 0. The van der Waals surface area contributed by atoms with Crippen molar-refractivity contribution in [3.8, 4) is 0 Å². The van der Waals surface area contributed by atoms with Crippen LogP contribution in [0.3, 0.4) is 0 Å². The van der Waals surface area contributed by atoms with Gasteiger partial charge in [0.2, 0.25) is 10.0 Å². The second-order valence-electron chi connectivity index (χ2n) is 5.62. The fourth-order valence-corrected chi connectivity index (χ4v) is 3.66. The van der Waals surface area contributed by atoms with E-state index in [0.29, 0.717) is 4.90 Å². The van der Waals surface area contributed by atoms with Crippen LogP contribution >= 0.6 is 0 Å². The molecule has 19 heavy (non-hydrogen) atoms. The molecule has 102 valence electrons. The monoisotopic (exact) mass is 277 g/mol. The van der Waals surface area contributed by atoms with Crippen molar-refractivity contribution in [2.75, 3.05) is 7.05 Å². The lowest BCUT2D eigenvalue weighted by atomic mass is 10.1. The third-order valence-electron chi connectivity index (χ3n) is 3.33. The Morgan fingerprint density at radius 1 is 0.947 bits per heavy atom. The Hall–Kier alpha value is -1.39. The molecule has 0 saturated heterocycles. The predicted molar refractivity (Wildman–Crippen MR) is 78.6 cm³/mol. The highest BCUT2D eigenvalue weighted by molar-refractivity contribution is 7.89. The lowest BCUT2D eigenvalue weighted by molar-refractivity contribution is 0.292. The Labute approximate surface area is 114 Å². The Bertz CT molecular complexity index is 694. The summed E-state index contributed by atoms with van der Waals surface area (Å²) in [6.07, 6.45) is 0. The number of rotatable bonds is 2. The Balaban J connectivity index is 2.68. The summed E-state index contributed by atoms with van der Waals surface area (Å²) in [5, 5.41) is 1.70. The molecule has 0 bridgehead atoms. The molecular weight excluding hydrogens is 258 g/mol. The molecule has 0 spiro atoms. The van der Waals surface area contributed by atoms with E-state index in [1.807, 2.05) is 51.1 Å². The molecule has 0 unspecified atom stereocenters. The molecule has 0 heterocycles. The summed E-state index contributed by atoms with van der Waals surface area (Å²) in [6, 6.07) is 12.9. The number of hydrogen-bond acceptors (Lipinski definition) is 2. The zero-order chi connectivity index (χ0) is 14.3. The lowest BCUT2D eigenvalue weighted by Crippen LogP contribution is -2.42. The van der Waals surface area contributed by atoms with Crippen molar-refractivity contribution in [2.45, 2.75) is 31.2 Å². The molecule has 0 N–H and O–H groups in total. The molecule has 0 amide bonds. The molecule has 0 aliphatic carbocycles. The van der Waals surface area contributed by atoms with Crippen molar-refractivity contribution in [2.24, 2.45) is 0 Å². The van der Waals surface area contributed by atoms with Gasteiger partial charge in [-0.1, -0.05) is 36.4 Å². The van der Waals surface area contributed by atoms with Crippen LogP contribution in [0.1, 0.15) is 20.8 Å². The van der Waals surface area contributed by atoms with Crippen LogP contribution in [-0.2, 0) is 10.0 Å². The summed E-state index contributed by atoms with van der Waals surface area (Å²) >= 11 is 0. The summed E-state index contributed by atoms with van der Waals surface area (Å²) in [6.45, 7) is 5.65. The molecule has 0 aromatic heterocycles. The lowest BCUT2D eigenvalue weighted by Gasteiger charge is -2.31. The molecule has 2 rings (SSSR count). The smallest absolute Gasteiger partial charge is 0.207 e. The fraction of sp³-hybridized carbons (Fsp3) is 0.333. The van der Waals surface area contributed by atoms with E-state index in [9.17, 15) is 8.42 Å². The predicted octanol–water partition coefficient (Wildman–Crippen LogP) is 3.26. The molecular formula is C15H19NO2S. The van der Waals surface area contributed by atoms with Gasteiger partial charge in [-0.2, -0.15) is 4.31 Å². The molecule has 0 aliphatic heterocycles. The average molecular weight is 277 g/mol. The normalized spacial score (nSPS) is 13.1. The molecule has 0 atom stereocenters. The number of nitrogens with zero attached hydrogens (tertiary/aromatic N) is 1. The van der Waals surface area contributed by atoms with Gasteiger partial charge < -0.3 is 0 Å². The van der Waals surface area contributed by atoms with Crippen molar-refractivity contribution in [3.05, 3.63) is 42.5 Å². The maximum atomic E-state index is 12.7. The molecule has 2 aromatic carbocycles. The molecule has 4 heteroatoms. The number of benzene rings is 2. The van der Waals surface area contributed by atoms with E-state index in [4.69, 9.17) is 0 Å². The van der Waals surface area contributed by atoms with Crippen LogP contribution in [-0.4, -0.2) is 25.3 Å². The van der Waals surface area contributed by atoms with Gasteiger partial charge >= 0.3 is 0 Å². The van der Waals surface area contributed by atoms with E-state index in [1.165, 1.54) is 4.31 Å². The SMILES string of the molecule is CN(C(C)(C)C)S(=O)(=O)c1cccc2ccccc12. The highest BCUT2D eigenvalue weighted by Gasteiger charge is 2.31. The topological polar surface area (TPSA) is 37.4 Å². The maximum Gasteiger partial charge on any atom is 0.243 e. The van der Waals surface area contributed by atoms with Gasteiger partial charge in [0.15, 0.2) is 0 Å². The summed E-state index contributed by atoms with van der Waals surface area (Å²) in [4.78, 5) is 0.364. The summed E-state index contributed by atoms with van der Waals surface area (Å²) in [7, 11) is -1.87. The van der Waals surface area contributed by atoms with E-state index in [1.54, 1.807) is 19.2 Å². The van der Waals surface area contributed by atoms with Crippen LogP contribution in [0.2, 0.25) is 0 Å². The first-order valence-electron chi connectivity index (χ1n) is 6.21.